The van der Waals surface area contributed by atoms with Gasteiger partial charge in [0.05, 0.1) is 12.5 Å². The number of carbonyl (C=O) groups excluding carboxylic acids is 1. The standard InChI is InChI=1S/C24H25FN2O/c1-27(2)23(21-9-6-10-22(25)16-21)17-26-24(28)15-18-11-13-20(14-12-18)19-7-4-3-5-8-19/h3-14,16,23H,15,17H2,1-2H3,(H,26,28)/t23-/m0/s1. The van der Waals surface area contributed by atoms with Crippen molar-refractivity contribution < 1.29 is 9.18 Å². The summed E-state index contributed by atoms with van der Waals surface area (Å²) in [4.78, 5) is 14.4. The van der Waals surface area contributed by atoms with E-state index in [-0.39, 0.29) is 17.8 Å². The second-order valence-electron chi connectivity index (χ2n) is 7.08. The van der Waals surface area contributed by atoms with Crippen LogP contribution in [-0.2, 0) is 11.2 Å². The third-order valence-corrected chi connectivity index (χ3v) is 4.78. The van der Waals surface area contributed by atoms with Crippen molar-refractivity contribution in [2.75, 3.05) is 20.6 Å². The normalized spacial score (nSPS) is 12.0. The molecule has 0 aliphatic carbocycles. The van der Waals surface area contributed by atoms with Gasteiger partial charge in [-0.3, -0.25) is 4.79 Å². The third kappa shape index (κ3) is 5.27. The lowest BCUT2D eigenvalue weighted by Crippen LogP contribution is -2.35. The highest BCUT2D eigenvalue weighted by Crippen LogP contribution is 2.20. The molecule has 0 aliphatic heterocycles. The molecule has 1 N–H and O–H groups in total. The Bertz CT molecular complexity index is 907. The van der Waals surface area contributed by atoms with Gasteiger partial charge in [-0.2, -0.15) is 0 Å². The fourth-order valence-electron chi connectivity index (χ4n) is 3.22. The van der Waals surface area contributed by atoms with Gasteiger partial charge in [-0.15, -0.1) is 0 Å². The molecule has 0 saturated heterocycles. The highest BCUT2D eigenvalue weighted by Gasteiger charge is 2.16. The Morgan fingerprint density at radius 1 is 0.929 bits per heavy atom. The average Bonchev–Trinajstić information content (AvgIpc) is 2.69. The van der Waals surface area contributed by atoms with E-state index in [1.807, 2.05) is 67.5 Å². The van der Waals surface area contributed by atoms with Crippen LogP contribution >= 0.6 is 0 Å². The third-order valence-electron chi connectivity index (χ3n) is 4.78. The summed E-state index contributed by atoms with van der Waals surface area (Å²) in [5.41, 5.74) is 4.09. The molecular formula is C24H25FN2O. The lowest BCUT2D eigenvalue weighted by atomic mass is 10.0. The van der Waals surface area contributed by atoms with E-state index >= 15 is 0 Å². The average molecular weight is 376 g/mol. The van der Waals surface area contributed by atoms with Gasteiger partial charge < -0.3 is 10.2 Å². The predicted molar refractivity (Wildman–Crippen MR) is 111 cm³/mol. The van der Waals surface area contributed by atoms with Gasteiger partial charge in [-0.05, 0) is 48.5 Å². The number of carbonyl (C=O) groups is 1. The number of nitrogens with one attached hydrogen (secondary N) is 1. The van der Waals surface area contributed by atoms with Crippen LogP contribution < -0.4 is 5.32 Å². The Morgan fingerprint density at radius 2 is 1.61 bits per heavy atom. The molecule has 1 atom stereocenters. The molecule has 0 aliphatic rings. The maximum Gasteiger partial charge on any atom is 0.224 e. The number of benzene rings is 3. The van der Waals surface area contributed by atoms with Crippen molar-refractivity contribution in [3.8, 4) is 11.1 Å². The number of hydrogen-bond donors (Lipinski definition) is 1. The molecule has 0 spiro atoms. The van der Waals surface area contributed by atoms with E-state index in [1.54, 1.807) is 6.07 Å². The van der Waals surface area contributed by atoms with E-state index in [0.717, 1.165) is 22.3 Å². The SMILES string of the molecule is CN(C)[C@@H](CNC(=O)Cc1ccc(-c2ccccc2)cc1)c1cccc(F)c1. The van der Waals surface area contributed by atoms with Crippen molar-refractivity contribution in [2.24, 2.45) is 0 Å². The van der Waals surface area contributed by atoms with Gasteiger partial charge in [0.25, 0.3) is 0 Å². The fraction of sp³-hybridized carbons (Fsp3) is 0.208. The lowest BCUT2D eigenvalue weighted by Gasteiger charge is -2.25. The Balaban J connectivity index is 1.59. The molecule has 3 aromatic carbocycles. The van der Waals surface area contributed by atoms with Crippen molar-refractivity contribution in [1.29, 1.82) is 0 Å². The summed E-state index contributed by atoms with van der Waals surface area (Å²) >= 11 is 0. The van der Waals surface area contributed by atoms with Gasteiger partial charge in [-0.25, -0.2) is 4.39 Å². The number of likely N-dealkylation sites (N-methyl/N-ethyl adjacent to an activating group) is 1. The molecule has 144 valence electrons. The first-order chi connectivity index (χ1) is 13.5. The summed E-state index contributed by atoms with van der Waals surface area (Å²) in [5.74, 6) is -0.315. The number of halogens is 1. The molecule has 0 aromatic heterocycles. The maximum atomic E-state index is 13.5. The van der Waals surface area contributed by atoms with E-state index < -0.39 is 0 Å². The van der Waals surface area contributed by atoms with Crippen molar-refractivity contribution in [1.82, 2.24) is 10.2 Å². The second-order valence-corrected chi connectivity index (χ2v) is 7.08. The van der Waals surface area contributed by atoms with Gasteiger partial charge in [0, 0.05) is 6.54 Å². The first-order valence-electron chi connectivity index (χ1n) is 9.36. The molecule has 4 heteroatoms. The van der Waals surface area contributed by atoms with E-state index in [4.69, 9.17) is 0 Å². The second kappa shape index (κ2) is 9.29. The van der Waals surface area contributed by atoms with Crippen LogP contribution in [0.25, 0.3) is 11.1 Å². The molecule has 0 bridgehead atoms. The minimum Gasteiger partial charge on any atom is -0.354 e. The number of nitrogens with zero attached hydrogens (tertiary/aromatic N) is 1. The molecule has 0 fully saturated rings. The molecule has 3 nitrogen and oxygen atoms in total. The predicted octanol–water partition coefficient (Wildman–Crippen LogP) is 4.45. The zero-order valence-electron chi connectivity index (χ0n) is 16.2. The topological polar surface area (TPSA) is 32.3 Å². The molecule has 28 heavy (non-hydrogen) atoms. The summed E-state index contributed by atoms with van der Waals surface area (Å²) in [6, 6.07) is 24.6. The molecule has 0 heterocycles. The summed E-state index contributed by atoms with van der Waals surface area (Å²) in [7, 11) is 3.84. The summed E-state index contributed by atoms with van der Waals surface area (Å²) in [5, 5.41) is 2.97. The van der Waals surface area contributed by atoms with Crippen LogP contribution in [0.2, 0.25) is 0 Å². The molecule has 3 rings (SSSR count). The van der Waals surface area contributed by atoms with E-state index in [2.05, 4.69) is 17.4 Å². The molecular weight excluding hydrogens is 351 g/mol. The van der Waals surface area contributed by atoms with Crippen LogP contribution in [0, 0.1) is 5.82 Å². The van der Waals surface area contributed by atoms with Crippen molar-refractivity contribution in [2.45, 2.75) is 12.5 Å². The van der Waals surface area contributed by atoms with Gasteiger partial charge in [-0.1, -0.05) is 66.7 Å². The Kier molecular flexibility index (Phi) is 6.56. The van der Waals surface area contributed by atoms with Crippen LogP contribution in [0.1, 0.15) is 17.2 Å². The molecule has 3 aromatic rings. The smallest absolute Gasteiger partial charge is 0.224 e. The van der Waals surface area contributed by atoms with Gasteiger partial charge >= 0.3 is 0 Å². The Labute approximate surface area is 165 Å². The maximum absolute atomic E-state index is 13.5. The van der Waals surface area contributed by atoms with E-state index in [9.17, 15) is 9.18 Å². The summed E-state index contributed by atoms with van der Waals surface area (Å²) < 4.78 is 13.5. The quantitative estimate of drug-likeness (QED) is 0.661. The zero-order valence-corrected chi connectivity index (χ0v) is 16.2. The highest BCUT2D eigenvalue weighted by atomic mass is 19.1. The van der Waals surface area contributed by atoms with Crippen molar-refractivity contribution in [3.63, 3.8) is 0 Å². The van der Waals surface area contributed by atoms with Gasteiger partial charge in [0.1, 0.15) is 5.82 Å². The van der Waals surface area contributed by atoms with Crippen LogP contribution in [0.5, 0.6) is 0 Å². The molecule has 0 unspecified atom stereocenters. The first-order valence-corrected chi connectivity index (χ1v) is 9.36. The lowest BCUT2D eigenvalue weighted by molar-refractivity contribution is -0.120. The van der Waals surface area contributed by atoms with E-state index in [1.165, 1.54) is 12.1 Å². The molecule has 1 amide bonds. The van der Waals surface area contributed by atoms with Crippen LogP contribution in [0.3, 0.4) is 0 Å². The van der Waals surface area contributed by atoms with Gasteiger partial charge in [0.2, 0.25) is 5.91 Å². The van der Waals surface area contributed by atoms with Crippen molar-refractivity contribution in [3.05, 3.63) is 95.8 Å². The fourth-order valence-corrected chi connectivity index (χ4v) is 3.22. The van der Waals surface area contributed by atoms with Crippen molar-refractivity contribution >= 4 is 5.91 Å². The van der Waals surface area contributed by atoms with Gasteiger partial charge in [0.15, 0.2) is 0 Å². The zero-order chi connectivity index (χ0) is 19.9. The molecule has 0 saturated carbocycles. The van der Waals surface area contributed by atoms with E-state index in [0.29, 0.717) is 13.0 Å². The molecule has 0 radical (unpaired) electrons. The first kappa shape index (κ1) is 19.8. The monoisotopic (exact) mass is 376 g/mol. The summed E-state index contributed by atoms with van der Waals surface area (Å²) in [6.07, 6.45) is 0.318. The minimum absolute atomic E-state index is 0.0456. The summed E-state index contributed by atoms with van der Waals surface area (Å²) in [6.45, 7) is 0.428. The van der Waals surface area contributed by atoms with Crippen LogP contribution in [0.15, 0.2) is 78.9 Å². The van der Waals surface area contributed by atoms with Crippen LogP contribution in [0.4, 0.5) is 4.39 Å². The highest BCUT2D eigenvalue weighted by molar-refractivity contribution is 5.79. The Morgan fingerprint density at radius 3 is 2.25 bits per heavy atom. The Hall–Kier alpha value is -2.98. The van der Waals surface area contributed by atoms with Crippen LogP contribution in [-0.4, -0.2) is 31.4 Å². The number of rotatable bonds is 7. The number of amides is 1. The number of hydrogen-bond acceptors (Lipinski definition) is 2. The minimum atomic E-state index is -0.269. The largest absolute Gasteiger partial charge is 0.354 e.